The van der Waals surface area contributed by atoms with Gasteiger partial charge in [-0.3, -0.25) is 4.79 Å². The van der Waals surface area contributed by atoms with E-state index in [1.165, 1.54) is 0 Å². The van der Waals surface area contributed by atoms with Crippen molar-refractivity contribution in [2.45, 2.75) is 0 Å². The highest BCUT2D eigenvalue weighted by atomic mass is 127. The predicted octanol–water partition coefficient (Wildman–Crippen LogP) is 5.49. The first-order valence-electron chi connectivity index (χ1n) is 9.04. The van der Waals surface area contributed by atoms with Crippen LogP contribution in [-0.4, -0.2) is 17.7 Å². The minimum Gasteiger partial charge on any atom is -0.454 e. The zero-order valence-electron chi connectivity index (χ0n) is 15.2. The summed E-state index contributed by atoms with van der Waals surface area (Å²) in [6.07, 6.45) is 0. The number of halogens is 1. The van der Waals surface area contributed by atoms with Gasteiger partial charge in [0.1, 0.15) is 0 Å². The second-order valence-corrected chi connectivity index (χ2v) is 7.85. The number of amides is 1. The Balaban J connectivity index is 1.58. The van der Waals surface area contributed by atoms with Gasteiger partial charge in [0.25, 0.3) is 5.91 Å². The number of hydrogen-bond donors (Lipinski definition) is 1. The first-order valence-corrected chi connectivity index (χ1v) is 10.1. The third-order valence-electron chi connectivity index (χ3n) is 4.73. The summed E-state index contributed by atoms with van der Waals surface area (Å²) in [5.74, 6) is 1.22. The average Bonchev–Trinajstić information content (AvgIpc) is 3.22. The smallest absolute Gasteiger partial charge is 0.256 e. The lowest BCUT2D eigenvalue weighted by Crippen LogP contribution is -2.13. The van der Waals surface area contributed by atoms with Crippen molar-refractivity contribution in [3.05, 3.63) is 81.9 Å². The molecule has 0 aliphatic carbocycles. The molecule has 1 N–H and O–H groups in total. The van der Waals surface area contributed by atoms with E-state index < -0.39 is 0 Å². The maximum Gasteiger partial charge on any atom is 0.256 e. The summed E-state index contributed by atoms with van der Waals surface area (Å²) in [5, 5.41) is 3.79. The lowest BCUT2D eigenvalue weighted by Gasteiger charge is -2.11. The van der Waals surface area contributed by atoms with Crippen LogP contribution in [0, 0.1) is 3.57 Å². The fraction of sp³-hybridized carbons (Fsp3) is 0.0435. The third kappa shape index (κ3) is 3.51. The van der Waals surface area contributed by atoms with E-state index in [0.717, 1.165) is 25.7 Å². The Labute approximate surface area is 180 Å². The van der Waals surface area contributed by atoms with E-state index in [-0.39, 0.29) is 12.7 Å². The van der Waals surface area contributed by atoms with E-state index in [0.29, 0.717) is 22.8 Å². The van der Waals surface area contributed by atoms with Crippen LogP contribution in [0.4, 0.5) is 5.69 Å². The zero-order chi connectivity index (χ0) is 19.8. The van der Waals surface area contributed by atoms with Gasteiger partial charge < -0.3 is 14.8 Å². The van der Waals surface area contributed by atoms with Gasteiger partial charge in [0.05, 0.1) is 16.8 Å². The molecule has 5 nitrogen and oxygen atoms in total. The minimum absolute atomic E-state index is 0.174. The number of fused-ring (bicyclic) bond motifs is 2. The maximum atomic E-state index is 13.1. The van der Waals surface area contributed by atoms with Crippen LogP contribution in [0.15, 0.2) is 72.8 Å². The van der Waals surface area contributed by atoms with Crippen LogP contribution < -0.4 is 14.8 Å². The molecule has 0 unspecified atom stereocenters. The molecule has 1 aliphatic heterocycles. The second kappa shape index (κ2) is 7.36. The fourth-order valence-corrected chi connectivity index (χ4v) is 3.66. The summed E-state index contributed by atoms with van der Waals surface area (Å²) in [4.78, 5) is 17.9. The monoisotopic (exact) mass is 494 g/mol. The Bertz CT molecular complexity index is 1240. The number of benzene rings is 3. The van der Waals surface area contributed by atoms with E-state index in [1.807, 2.05) is 72.8 Å². The van der Waals surface area contributed by atoms with Gasteiger partial charge in [-0.1, -0.05) is 18.2 Å². The highest BCUT2D eigenvalue weighted by Gasteiger charge is 2.17. The van der Waals surface area contributed by atoms with Crippen molar-refractivity contribution >= 4 is 45.1 Å². The molecule has 0 radical (unpaired) electrons. The van der Waals surface area contributed by atoms with E-state index in [9.17, 15) is 4.79 Å². The van der Waals surface area contributed by atoms with Gasteiger partial charge in [0.15, 0.2) is 11.5 Å². The van der Waals surface area contributed by atoms with Crippen LogP contribution in [0.3, 0.4) is 0 Å². The lowest BCUT2D eigenvalue weighted by atomic mass is 10.0. The molecule has 142 valence electrons. The molecule has 0 saturated heterocycles. The molecule has 1 aromatic heterocycles. The molecule has 0 atom stereocenters. The van der Waals surface area contributed by atoms with Gasteiger partial charge >= 0.3 is 0 Å². The number of anilines is 1. The van der Waals surface area contributed by atoms with Crippen LogP contribution >= 0.6 is 22.6 Å². The number of carbonyl (C=O) groups excluding carboxylic acids is 1. The largest absolute Gasteiger partial charge is 0.454 e. The van der Waals surface area contributed by atoms with Crippen molar-refractivity contribution in [1.82, 2.24) is 4.98 Å². The number of rotatable bonds is 3. The van der Waals surface area contributed by atoms with E-state index in [4.69, 9.17) is 14.5 Å². The number of hydrogen-bond acceptors (Lipinski definition) is 4. The zero-order valence-corrected chi connectivity index (χ0v) is 17.3. The summed E-state index contributed by atoms with van der Waals surface area (Å²) in [7, 11) is 0. The fourth-order valence-electron chi connectivity index (χ4n) is 3.30. The Morgan fingerprint density at radius 1 is 0.931 bits per heavy atom. The van der Waals surface area contributed by atoms with Crippen molar-refractivity contribution in [3.8, 4) is 22.8 Å². The molecule has 4 aromatic rings. The first kappa shape index (κ1) is 17.9. The maximum absolute atomic E-state index is 13.1. The molecular formula is C23H15IN2O3. The summed E-state index contributed by atoms with van der Waals surface area (Å²) in [6, 6.07) is 22.8. The second-order valence-electron chi connectivity index (χ2n) is 6.60. The minimum atomic E-state index is -0.174. The molecule has 0 bridgehead atoms. The molecule has 0 fully saturated rings. The number of ether oxygens (including phenoxy) is 2. The van der Waals surface area contributed by atoms with Gasteiger partial charge in [-0.05, 0) is 77.2 Å². The Kier molecular flexibility index (Phi) is 4.55. The molecule has 0 spiro atoms. The van der Waals surface area contributed by atoms with Gasteiger partial charge in [-0.15, -0.1) is 0 Å². The van der Waals surface area contributed by atoms with Crippen molar-refractivity contribution in [1.29, 1.82) is 0 Å². The molecule has 1 amide bonds. The first-order chi connectivity index (χ1) is 14.2. The molecule has 3 aromatic carbocycles. The molecule has 2 heterocycles. The third-order valence-corrected chi connectivity index (χ3v) is 5.45. The van der Waals surface area contributed by atoms with Crippen LogP contribution in [0.25, 0.3) is 22.2 Å². The summed E-state index contributed by atoms with van der Waals surface area (Å²) in [5.41, 5.74) is 3.65. The summed E-state index contributed by atoms with van der Waals surface area (Å²) >= 11 is 2.24. The number of aromatic nitrogens is 1. The van der Waals surface area contributed by atoms with Crippen molar-refractivity contribution in [2.24, 2.45) is 0 Å². The molecule has 6 heteroatoms. The molecule has 1 aliphatic rings. The summed E-state index contributed by atoms with van der Waals surface area (Å²) < 4.78 is 12.0. The standard InChI is InChI=1S/C23H15IN2O3/c24-15-6-8-16(9-7-15)25-23(27)18-12-20(26-19-4-2-1-3-17(18)19)14-5-10-21-22(11-14)29-13-28-21/h1-12H,13H2,(H,25,27). The van der Waals surface area contributed by atoms with Crippen molar-refractivity contribution in [2.75, 3.05) is 12.1 Å². The van der Waals surface area contributed by atoms with Gasteiger partial charge in [0.2, 0.25) is 6.79 Å². The van der Waals surface area contributed by atoms with E-state index in [1.54, 1.807) is 0 Å². The molecule has 5 rings (SSSR count). The van der Waals surface area contributed by atoms with Crippen LogP contribution in [0.2, 0.25) is 0 Å². The number of para-hydroxylation sites is 1. The Hall–Kier alpha value is -3.13. The average molecular weight is 494 g/mol. The normalized spacial score (nSPS) is 12.2. The summed E-state index contributed by atoms with van der Waals surface area (Å²) in [6.45, 7) is 0.216. The predicted molar refractivity (Wildman–Crippen MR) is 120 cm³/mol. The van der Waals surface area contributed by atoms with Crippen molar-refractivity contribution < 1.29 is 14.3 Å². The van der Waals surface area contributed by atoms with Crippen LogP contribution in [-0.2, 0) is 0 Å². The number of carbonyl (C=O) groups is 1. The molecule has 29 heavy (non-hydrogen) atoms. The van der Waals surface area contributed by atoms with Crippen molar-refractivity contribution in [3.63, 3.8) is 0 Å². The van der Waals surface area contributed by atoms with Gasteiger partial charge in [-0.25, -0.2) is 4.98 Å². The number of pyridine rings is 1. The van der Waals surface area contributed by atoms with E-state index in [2.05, 4.69) is 27.9 Å². The van der Waals surface area contributed by atoms with Gasteiger partial charge in [-0.2, -0.15) is 0 Å². The number of nitrogens with zero attached hydrogens (tertiary/aromatic N) is 1. The highest BCUT2D eigenvalue weighted by Crippen LogP contribution is 2.36. The molecular weight excluding hydrogens is 479 g/mol. The quantitative estimate of drug-likeness (QED) is 0.383. The SMILES string of the molecule is O=C(Nc1ccc(I)cc1)c1cc(-c2ccc3c(c2)OCO3)nc2ccccc12. The van der Waals surface area contributed by atoms with E-state index >= 15 is 0 Å². The van der Waals surface area contributed by atoms with Crippen LogP contribution in [0.1, 0.15) is 10.4 Å². The lowest BCUT2D eigenvalue weighted by molar-refractivity contribution is 0.102. The number of nitrogens with one attached hydrogen (secondary N) is 1. The Morgan fingerprint density at radius 3 is 2.59 bits per heavy atom. The highest BCUT2D eigenvalue weighted by molar-refractivity contribution is 14.1. The topological polar surface area (TPSA) is 60.5 Å². The van der Waals surface area contributed by atoms with Crippen LogP contribution in [0.5, 0.6) is 11.5 Å². The van der Waals surface area contributed by atoms with Gasteiger partial charge in [0, 0.05) is 20.2 Å². The molecule has 0 saturated carbocycles. The Morgan fingerprint density at radius 2 is 1.72 bits per heavy atom.